The minimum atomic E-state index is -1.26. The molecule has 17 heavy (non-hydrogen) atoms. The number of carbonyl (C=O) groups is 2. The Bertz CT molecular complexity index is 310. The van der Waals surface area contributed by atoms with Gasteiger partial charge < -0.3 is 17.2 Å². The predicted molar refractivity (Wildman–Crippen MR) is 60.4 cm³/mol. The molecular formula is C9H18N4O4. The molecule has 0 aliphatic carbocycles. The van der Waals surface area contributed by atoms with Gasteiger partial charge >= 0.3 is 11.9 Å². The van der Waals surface area contributed by atoms with E-state index in [1.54, 1.807) is 0 Å². The van der Waals surface area contributed by atoms with Gasteiger partial charge in [-0.15, -0.1) is 0 Å². The van der Waals surface area contributed by atoms with Gasteiger partial charge in [0.1, 0.15) is 5.54 Å². The van der Waals surface area contributed by atoms with Crippen LogP contribution in [0.25, 0.3) is 0 Å². The second-order valence-electron chi connectivity index (χ2n) is 3.77. The highest BCUT2D eigenvalue weighted by molar-refractivity contribution is 5.80. The molecule has 0 radical (unpaired) electrons. The van der Waals surface area contributed by atoms with E-state index < -0.39 is 17.5 Å². The average Bonchev–Trinajstić information content (AvgIpc) is 2.20. The first-order chi connectivity index (χ1) is 7.75. The summed E-state index contributed by atoms with van der Waals surface area (Å²) in [6.07, 6.45) is 0.796. The Labute approximate surface area is 99.1 Å². The van der Waals surface area contributed by atoms with Gasteiger partial charge in [-0.3, -0.25) is 4.99 Å². The van der Waals surface area contributed by atoms with E-state index in [2.05, 4.69) is 14.8 Å². The van der Waals surface area contributed by atoms with Crippen molar-refractivity contribution in [3.8, 4) is 0 Å². The third-order valence-corrected chi connectivity index (χ3v) is 1.85. The third-order valence-electron chi connectivity index (χ3n) is 1.85. The zero-order valence-electron chi connectivity index (χ0n) is 9.93. The second kappa shape index (κ2) is 6.69. The summed E-state index contributed by atoms with van der Waals surface area (Å²) in [7, 11) is 0. The van der Waals surface area contributed by atoms with Gasteiger partial charge in [-0.1, -0.05) is 0 Å². The summed E-state index contributed by atoms with van der Waals surface area (Å²) in [6.45, 7) is 2.93. The largest absolute Gasteiger partial charge is 0.374 e. The zero-order chi connectivity index (χ0) is 13.5. The lowest BCUT2D eigenvalue weighted by Gasteiger charge is -2.20. The van der Waals surface area contributed by atoms with Crippen molar-refractivity contribution >= 4 is 17.9 Å². The van der Waals surface area contributed by atoms with Crippen molar-refractivity contribution in [1.82, 2.24) is 0 Å². The van der Waals surface area contributed by atoms with Gasteiger partial charge in [0.2, 0.25) is 0 Å². The molecule has 0 aromatic rings. The zero-order valence-corrected chi connectivity index (χ0v) is 9.93. The molecule has 0 heterocycles. The minimum absolute atomic E-state index is 0.0220. The van der Waals surface area contributed by atoms with E-state index in [1.165, 1.54) is 6.92 Å². The lowest BCUT2D eigenvalue weighted by atomic mass is 9.98. The smallest absolute Gasteiger partial charge is 0.370 e. The Kier molecular flexibility index (Phi) is 5.97. The van der Waals surface area contributed by atoms with Gasteiger partial charge in [-0.05, 0) is 19.8 Å². The van der Waals surface area contributed by atoms with Crippen LogP contribution >= 0.6 is 0 Å². The molecule has 0 aromatic carbocycles. The van der Waals surface area contributed by atoms with Gasteiger partial charge in [-0.25, -0.2) is 19.4 Å². The molecule has 8 nitrogen and oxygen atoms in total. The number of nitrogens with zero attached hydrogens (tertiary/aromatic N) is 1. The van der Waals surface area contributed by atoms with Crippen LogP contribution in [0.1, 0.15) is 26.7 Å². The van der Waals surface area contributed by atoms with Crippen LogP contribution in [0.3, 0.4) is 0 Å². The van der Waals surface area contributed by atoms with Crippen LogP contribution in [0.5, 0.6) is 0 Å². The van der Waals surface area contributed by atoms with Crippen LogP contribution in [-0.4, -0.2) is 30.0 Å². The Morgan fingerprint density at radius 2 is 1.88 bits per heavy atom. The van der Waals surface area contributed by atoms with E-state index >= 15 is 0 Å². The molecule has 0 amide bonds. The summed E-state index contributed by atoms with van der Waals surface area (Å²) in [6, 6.07) is 0. The van der Waals surface area contributed by atoms with Crippen molar-refractivity contribution in [2.24, 2.45) is 22.2 Å². The first-order valence-electron chi connectivity index (χ1n) is 4.99. The molecule has 0 saturated carbocycles. The summed E-state index contributed by atoms with van der Waals surface area (Å²) in [4.78, 5) is 33.9. The normalized spacial score (nSPS) is 13.4. The summed E-state index contributed by atoms with van der Waals surface area (Å²) in [5.74, 6) is -1.57. The van der Waals surface area contributed by atoms with Crippen molar-refractivity contribution in [2.75, 3.05) is 6.54 Å². The van der Waals surface area contributed by atoms with Gasteiger partial charge in [0.05, 0.1) is 0 Å². The number of nitrogens with two attached hydrogens (primary N) is 3. The van der Waals surface area contributed by atoms with Crippen molar-refractivity contribution in [3.63, 3.8) is 0 Å². The highest BCUT2D eigenvalue weighted by Crippen LogP contribution is 2.11. The number of guanidine groups is 1. The predicted octanol–water partition coefficient (Wildman–Crippen LogP) is -1.22. The maximum Gasteiger partial charge on any atom is 0.374 e. The summed E-state index contributed by atoms with van der Waals surface area (Å²) in [5, 5.41) is 0. The van der Waals surface area contributed by atoms with Crippen LogP contribution in [0.2, 0.25) is 0 Å². The number of carbonyl (C=O) groups excluding carboxylic acids is 2. The Morgan fingerprint density at radius 1 is 1.29 bits per heavy atom. The standard InChI is InChI=1S/C9H18N4O4/c1-6(14)16-17-7(15)9(2,12)4-3-5-13-8(10)11/h3-5,12H2,1-2H3,(H4,10,11,13)/t9-/m0/s1. The monoisotopic (exact) mass is 246 g/mol. The van der Waals surface area contributed by atoms with Gasteiger partial charge in [0, 0.05) is 13.5 Å². The molecule has 1 atom stereocenters. The fourth-order valence-electron chi connectivity index (χ4n) is 0.948. The molecule has 98 valence electrons. The van der Waals surface area contributed by atoms with E-state index in [9.17, 15) is 9.59 Å². The third kappa shape index (κ3) is 7.12. The van der Waals surface area contributed by atoms with Gasteiger partial charge in [0.15, 0.2) is 5.96 Å². The minimum Gasteiger partial charge on any atom is -0.370 e. The van der Waals surface area contributed by atoms with Crippen LogP contribution in [-0.2, 0) is 19.4 Å². The lowest BCUT2D eigenvalue weighted by molar-refractivity contribution is -0.261. The van der Waals surface area contributed by atoms with Crippen LogP contribution in [0, 0.1) is 0 Å². The molecule has 0 aliphatic rings. The maximum absolute atomic E-state index is 11.4. The fraction of sp³-hybridized carbons (Fsp3) is 0.667. The van der Waals surface area contributed by atoms with E-state index in [0.29, 0.717) is 19.4 Å². The Morgan fingerprint density at radius 3 is 2.35 bits per heavy atom. The molecule has 0 unspecified atom stereocenters. The lowest BCUT2D eigenvalue weighted by Crippen LogP contribution is -2.46. The molecule has 0 fully saturated rings. The number of hydrogen-bond acceptors (Lipinski definition) is 6. The van der Waals surface area contributed by atoms with Crippen LogP contribution in [0.15, 0.2) is 4.99 Å². The van der Waals surface area contributed by atoms with Crippen molar-refractivity contribution < 1.29 is 19.4 Å². The van der Waals surface area contributed by atoms with Gasteiger partial charge in [-0.2, -0.15) is 0 Å². The quantitative estimate of drug-likeness (QED) is 0.181. The van der Waals surface area contributed by atoms with E-state index in [0.717, 1.165) is 6.92 Å². The van der Waals surface area contributed by atoms with Crippen molar-refractivity contribution in [3.05, 3.63) is 0 Å². The Hall–Kier alpha value is -1.83. The summed E-state index contributed by atoms with van der Waals surface area (Å²) < 4.78 is 0. The molecule has 0 bridgehead atoms. The molecule has 0 saturated heterocycles. The van der Waals surface area contributed by atoms with E-state index in [-0.39, 0.29) is 5.96 Å². The molecule has 0 rings (SSSR count). The Balaban J connectivity index is 4.04. The highest BCUT2D eigenvalue weighted by atomic mass is 17.2. The topological polar surface area (TPSA) is 143 Å². The van der Waals surface area contributed by atoms with E-state index in [4.69, 9.17) is 17.2 Å². The molecule has 0 aromatic heterocycles. The summed E-state index contributed by atoms with van der Waals surface area (Å²) >= 11 is 0. The SMILES string of the molecule is CC(=O)OOC(=O)[C@@](C)(N)CCCN=C(N)N. The van der Waals surface area contributed by atoms with Crippen molar-refractivity contribution in [1.29, 1.82) is 0 Å². The number of aliphatic imine (C=N–C) groups is 1. The highest BCUT2D eigenvalue weighted by Gasteiger charge is 2.31. The molecule has 8 heteroatoms. The first kappa shape index (κ1) is 15.2. The fourth-order valence-corrected chi connectivity index (χ4v) is 0.948. The molecule has 0 spiro atoms. The van der Waals surface area contributed by atoms with Crippen molar-refractivity contribution in [2.45, 2.75) is 32.2 Å². The van der Waals surface area contributed by atoms with Crippen LogP contribution < -0.4 is 17.2 Å². The van der Waals surface area contributed by atoms with Gasteiger partial charge in [0.25, 0.3) is 0 Å². The van der Waals surface area contributed by atoms with E-state index in [1.807, 2.05) is 0 Å². The second-order valence-corrected chi connectivity index (χ2v) is 3.77. The molecule has 0 aliphatic heterocycles. The maximum atomic E-state index is 11.4. The molecular weight excluding hydrogens is 228 g/mol. The first-order valence-corrected chi connectivity index (χ1v) is 4.99. The summed E-state index contributed by atoms with van der Waals surface area (Å²) in [5.41, 5.74) is 14.7. The average molecular weight is 246 g/mol. The number of rotatable bonds is 5. The number of hydrogen-bond donors (Lipinski definition) is 3. The molecule has 6 N–H and O–H groups in total. The van der Waals surface area contributed by atoms with Crippen LogP contribution in [0.4, 0.5) is 0 Å².